The van der Waals surface area contributed by atoms with Crippen molar-refractivity contribution in [3.8, 4) is 0 Å². The molecular formula is C11H17N3O3. The van der Waals surface area contributed by atoms with Gasteiger partial charge in [-0.1, -0.05) is 17.2 Å². The van der Waals surface area contributed by atoms with Crippen molar-refractivity contribution in [2.24, 2.45) is 11.8 Å². The van der Waals surface area contributed by atoms with Crippen molar-refractivity contribution < 1.29 is 14.2 Å². The monoisotopic (exact) mass is 239 g/mol. The minimum Gasteiger partial charge on any atom is -0.469 e. The Morgan fingerprint density at radius 1 is 1.53 bits per heavy atom. The van der Waals surface area contributed by atoms with Crippen molar-refractivity contribution in [1.82, 2.24) is 15.2 Å². The van der Waals surface area contributed by atoms with Crippen LogP contribution in [0.3, 0.4) is 0 Å². The first-order valence-electron chi connectivity index (χ1n) is 5.70. The fraction of sp³-hybridized carbons (Fsp3) is 0.727. The molecule has 0 aromatic carbocycles. The van der Waals surface area contributed by atoms with Crippen molar-refractivity contribution in [3.05, 3.63) is 11.4 Å². The second-order valence-electron chi connectivity index (χ2n) is 4.60. The highest BCUT2D eigenvalue weighted by Crippen LogP contribution is 2.25. The van der Waals surface area contributed by atoms with Gasteiger partial charge in [-0.2, -0.15) is 0 Å². The van der Waals surface area contributed by atoms with E-state index in [1.807, 2.05) is 6.92 Å². The number of hydrogen-bond acceptors (Lipinski definition) is 6. The molecular weight excluding hydrogens is 222 g/mol. The van der Waals surface area contributed by atoms with Crippen LogP contribution in [0.1, 0.15) is 18.3 Å². The van der Waals surface area contributed by atoms with E-state index in [9.17, 15) is 4.79 Å². The van der Waals surface area contributed by atoms with E-state index < -0.39 is 0 Å². The molecule has 0 aliphatic carbocycles. The molecule has 2 rings (SSSR count). The minimum absolute atomic E-state index is 0.0415. The zero-order valence-corrected chi connectivity index (χ0v) is 10.3. The molecule has 0 amide bonds. The predicted octanol–water partition coefficient (Wildman–Crippen LogP) is 0.619. The Morgan fingerprint density at radius 3 is 2.88 bits per heavy atom. The standard InChI is InChI=1S/C11H17N3O3/c1-7-4-14(5-9(7)11(15)16-3)6-10-8(2)12-17-13-10/h7,9H,4-6H2,1-3H3. The average Bonchev–Trinajstić information content (AvgIpc) is 2.86. The third-order valence-electron chi connectivity index (χ3n) is 3.31. The Kier molecular flexibility index (Phi) is 3.42. The zero-order valence-electron chi connectivity index (χ0n) is 10.3. The Labute approximate surface area is 99.9 Å². The third kappa shape index (κ3) is 2.46. The van der Waals surface area contributed by atoms with Crippen LogP contribution < -0.4 is 0 Å². The summed E-state index contributed by atoms with van der Waals surface area (Å²) in [4.78, 5) is 13.7. The van der Waals surface area contributed by atoms with Gasteiger partial charge in [0.1, 0.15) is 11.4 Å². The maximum absolute atomic E-state index is 11.5. The summed E-state index contributed by atoms with van der Waals surface area (Å²) < 4.78 is 9.46. The van der Waals surface area contributed by atoms with Gasteiger partial charge in [-0.25, -0.2) is 4.63 Å². The highest BCUT2D eigenvalue weighted by atomic mass is 16.6. The van der Waals surface area contributed by atoms with Gasteiger partial charge in [0.05, 0.1) is 13.0 Å². The third-order valence-corrected chi connectivity index (χ3v) is 3.31. The number of carbonyl (C=O) groups is 1. The van der Waals surface area contributed by atoms with Crippen molar-refractivity contribution in [3.63, 3.8) is 0 Å². The largest absolute Gasteiger partial charge is 0.469 e. The molecule has 1 aliphatic heterocycles. The van der Waals surface area contributed by atoms with E-state index in [0.29, 0.717) is 19.0 Å². The molecule has 2 atom stereocenters. The van der Waals surface area contributed by atoms with E-state index in [-0.39, 0.29) is 11.9 Å². The molecule has 1 saturated heterocycles. The van der Waals surface area contributed by atoms with Crippen LogP contribution in [0, 0.1) is 18.8 Å². The molecule has 2 unspecified atom stereocenters. The molecule has 1 aromatic heterocycles. The number of esters is 1. The van der Waals surface area contributed by atoms with Crippen molar-refractivity contribution in [1.29, 1.82) is 0 Å². The lowest BCUT2D eigenvalue weighted by Crippen LogP contribution is -2.24. The van der Waals surface area contributed by atoms with Crippen LogP contribution in [0.25, 0.3) is 0 Å². The van der Waals surface area contributed by atoms with Gasteiger partial charge in [-0.3, -0.25) is 9.69 Å². The minimum atomic E-state index is -0.130. The molecule has 6 heteroatoms. The Balaban J connectivity index is 1.97. The van der Waals surface area contributed by atoms with Crippen LogP contribution in [0.5, 0.6) is 0 Å². The molecule has 1 aliphatic rings. The van der Waals surface area contributed by atoms with E-state index in [1.165, 1.54) is 7.11 Å². The summed E-state index contributed by atoms with van der Waals surface area (Å²) in [5, 5.41) is 7.59. The normalized spacial score (nSPS) is 25.1. The summed E-state index contributed by atoms with van der Waals surface area (Å²) in [6.07, 6.45) is 0. The molecule has 0 N–H and O–H groups in total. The number of likely N-dealkylation sites (tertiary alicyclic amines) is 1. The summed E-state index contributed by atoms with van der Waals surface area (Å²) >= 11 is 0. The van der Waals surface area contributed by atoms with Gasteiger partial charge in [0.2, 0.25) is 0 Å². The number of rotatable bonds is 3. The number of aromatic nitrogens is 2. The van der Waals surface area contributed by atoms with Crippen LogP contribution >= 0.6 is 0 Å². The van der Waals surface area contributed by atoms with E-state index in [4.69, 9.17) is 4.74 Å². The molecule has 1 aromatic rings. The lowest BCUT2D eigenvalue weighted by molar-refractivity contribution is -0.146. The van der Waals surface area contributed by atoms with Crippen LogP contribution in [-0.4, -0.2) is 41.4 Å². The maximum Gasteiger partial charge on any atom is 0.310 e. The van der Waals surface area contributed by atoms with Gasteiger partial charge < -0.3 is 4.74 Å². The molecule has 17 heavy (non-hydrogen) atoms. The average molecular weight is 239 g/mol. The van der Waals surface area contributed by atoms with Gasteiger partial charge >= 0.3 is 5.97 Å². The smallest absolute Gasteiger partial charge is 0.310 e. The summed E-state index contributed by atoms with van der Waals surface area (Å²) in [7, 11) is 1.43. The second-order valence-corrected chi connectivity index (χ2v) is 4.60. The predicted molar refractivity (Wildman–Crippen MR) is 59.0 cm³/mol. The van der Waals surface area contributed by atoms with E-state index in [2.05, 4.69) is 26.8 Å². The molecule has 0 radical (unpaired) electrons. The number of methoxy groups -OCH3 is 1. The zero-order chi connectivity index (χ0) is 12.4. The second kappa shape index (κ2) is 4.83. The Hall–Kier alpha value is -1.43. The molecule has 1 fully saturated rings. The highest BCUT2D eigenvalue weighted by molar-refractivity contribution is 5.73. The number of hydrogen-bond donors (Lipinski definition) is 0. The summed E-state index contributed by atoms with van der Waals surface area (Å²) in [5.74, 6) is 0.137. The Morgan fingerprint density at radius 2 is 2.29 bits per heavy atom. The number of nitrogens with zero attached hydrogens (tertiary/aromatic N) is 3. The highest BCUT2D eigenvalue weighted by Gasteiger charge is 2.35. The lowest BCUT2D eigenvalue weighted by Gasteiger charge is -2.13. The van der Waals surface area contributed by atoms with Gasteiger partial charge in [0, 0.05) is 19.6 Å². The van der Waals surface area contributed by atoms with E-state index >= 15 is 0 Å². The SMILES string of the molecule is COC(=O)C1CN(Cc2nonc2C)CC1C. The van der Waals surface area contributed by atoms with E-state index in [0.717, 1.165) is 17.9 Å². The number of aryl methyl sites for hydroxylation is 1. The summed E-state index contributed by atoms with van der Waals surface area (Å²) in [6, 6.07) is 0. The first-order chi connectivity index (χ1) is 8.11. The fourth-order valence-electron chi connectivity index (χ4n) is 2.26. The molecule has 0 spiro atoms. The quantitative estimate of drug-likeness (QED) is 0.720. The summed E-state index contributed by atoms with van der Waals surface area (Å²) in [5.41, 5.74) is 1.64. The molecule has 0 saturated carbocycles. The summed E-state index contributed by atoms with van der Waals surface area (Å²) in [6.45, 7) is 6.18. The molecule has 94 valence electrons. The van der Waals surface area contributed by atoms with Gasteiger partial charge in [-0.05, 0) is 12.8 Å². The first-order valence-corrected chi connectivity index (χ1v) is 5.70. The number of ether oxygens (including phenoxy) is 1. The first kappa shape index (κ1) is 12.0. The van der Waals surface area contributed by atoms with Crippen LogP contribution in [0.2, 0.25) is 0 Å². The van der Waals surface area contributed by atoms with Crippen LogP contribution in [0.4, 0.5) is 0 Å². The lowest BCUT2D eigenvalue weighted by atomic mass is 9.99. The fourth-order valence-corrected chi connectivity index (χ4v) is 2.26. The van der Waals surface area contributed by atoms with Gasteiger partial charge in [0.25, 0.3) is 0 Å². The Bertz CT molecular complexity index is 404. The maximum atomic E-state index is 11.5. The van der Waals surface area contributed by atoms with E-state index in [1.54, 1.807) is 0 Å². The van der Waals surface area contributed by atoms with Crippen molar-refractivity contribution in [2.75, 3.05) is 20.2 Å². The van der Waals surface area contributed by atoms with Gasteiger partial charge in [0.15, 0.2) is 0 Å². The van der Waals surface area contributed by atoms with Gasteiger partial charge in [-0.15, -0.1) is 0 Å². The van der Waals surface area contributed by atoms with Crippen LogP contribution in [-0.2, 0) is 16.1 Å². The molecule has 6 nitrogen and oxygen atoms in total. The number of carbonyl (C=O) groups excluding carboxylic acids is 1. The molecule has 2 heterocycles. The van der Waals surface area contributed by atoms with Crippen LogP contribution in [0.15, 0.2) is 4.63 Å². The topological polar surface area (TPSA) is 68.5 Å². The van der Waals surface area contributed by atoms with Crippen molar-refractivity contribution in [2.45, 2.75) is 20.4 Å². The molecule has 0 bridgehead atoms. The van der Waals surface area contributed by atoms with Crippen molar-refractivity contribution >= 4 is 5.97 Å².